The molecule has 29 heavy (non-hydrogen) atoms. The average Bonchev–Trinajstić information content (AvgIpc) is 2.75. The number of nitrogens with zero attached hydrogens (tertiary/aromatic N) is 5. The quantitative estimate of drug-likeness (QED) is 0.769. The van der Waals surface area contributed by atoms with E-state index in [1.54, 1.807) is 12.5 Å². The van der Waals surface area contributed by atoms with Gasteiger partial charge in [0, 0.05) is 38.0 Å². The standard InChI is InChI=1S/C21H31N7O/c1-15(2)21-17(5-4-12-29-21)26-19-13-20(23-14-22-19)28-10-7-16(8-11-28)25-18-6-3-9-24-27-18/h3,6,9,13-17,21H,4-5,7-8,10-12H2,1-2H3,(H,25,27)(H,22,23,26). The lowest BCUT2D eigenvalue weighted by Gasteiger charge is -2.35. The average molecular weight is 398 g/mol. The summed E-state index contributed by atoms with van der Waals surface area (Å²) >= 11 is 0. The molecule has 2 fully saturated rings. The number of piperidine rings is 1. The van der Waals surface area contributed by atoms with Gasteiger partial charge in [-0.3, -0.25) is 0 Å². The molecule has 2 aliphatic heterocycles. The van der Waals surface area contributed by atoms with Crippen LogP contribution in [-0.2, 0) is 4.74 Å². The highest BCUT2D eigenvalue weighted by Gasteiger charge is 2.29. The summed E-state index contributed by atoms with van der Waals surface area (Å²) in [7, 11) is 0. The summed E-state index contributed by atoms with van der Waals surface area (Å²) in [6.45, 7) is 7.20. The van der Waals surface area contributed by atoms with E-state index in [4.69, 9.17) is 4.74 Å². The Labute approximate surface area is 172 Å². The summed E-state index contributed by atoms with van der Waals surface area (Å²) in [5, 5.41) is 15.1. The lowest BCUT2D eigenvalue weighted by Crippen LogP contribution is -2.43. The third-order valence-corrected chi connectivity index (χ3v) is 5.75. The Morgan fingerprint density at radius 2 is 1.97 bits per heavy atom. The first-order chi connectivity index (χ1) is 14.2. The van der Waals surface area contributed by atoms with E-state index in [0.29, 0.717) is 18.0 Å². The molecule has 2 aromatic heterocycles. The van der Waals surface area contributed by atoms with Crippen molar-refractivity contribution in [3.8, 4) is 0 Å². The topological polar surface area (TPSA) is 88.1 Å². The molecule has 2 atom stereocenters. The number of ether oxygens (including phenoxy) is 1. The van der Waals surface area contributed by atoms with Gasteiger partial charge in [-0.25, -0.2) is 9.97 Å². The van der Waals surface area contributed by atoms with Gasteiger partial charge < -0.3 is 20.3 Å². The molecule has 4 rings (SSSR count). The lowest BCUT2D eigenvalue weighted by molar-refractivity contribution is -0.0203. The summed E-state index contributed by atoms with van der Waals surface area (Å²) in [5.74, 6) is 3.19. The highest BCUT2D eigenvalue weighted by molar-refractivity contribution is 5.49. The predicted octanol–water partition coefficient (Wildman–Crippen LogP) is 2.96. The minimum atomic E-state index is 0.227. The van der Waals surface area contributed by atoms with Gasteiger partial charge in [0.05, 0.1) is 12.1 Å². The van der Waals surface area contributed by atoms with E-state index >= 15 is 0 Å². The van der Waals surface area contributed by atoms with Gasteiger partial charge in [-0.2, -0.15) is 5.10 Å². The zero-order valence-electron chi connectivity index (χ0n) is 17.3. The molecule has 4 heterocycles. The largest absolute Gasteiger partial charge is 0.376 e. The zero-order chi connectivity index (χ0) is 20.1. The van der Waals surface area contributed by atoms with Gasteiger partial charge in [-0.15, -0.1) is 5.10 Å². The van der Waals surface area contributed by atoms with Crippen LogP contribution < -0.4 is 15.5 Å². The number of aromatic nitrogens is 4. The van der Waals surface area contributed by atoms with Crippen LogP contribution in [0.15, 0.2) is 30.7 Å². The van der Waals surface area contributed by atoms with E-state index < -0.39 is 0 Å². The molecule has 8 heteroatoms. The molecular formula is C21H31N7O. The maximum absolute atomic E-state index is 6.00. The Balaban J connectivity index is 1.34. The van der Waals surface area contributed by atoms with Crippen LogP contribution in [0.4, 0.5) is 17.5 Å². The fourth-order valence-electron chi connectivity index (χ4n) is 4.24. The maximum atomic E-state index is 6.00. The van der Waals surface area contributed by atoms with Crippen molar-refractivity contribution in [2.24, 2.45) is 5.92 Å². The number of nitrogens with one attached hydrogen (secondary N) is 2. The van der Waals surface area contributed by atoms with Crippen molar-refractivity contribution < 1.29 is 4.74 Å². The van der Waals surface area contributed by atoms with Crippen molar-refractivity contribution in [3.63, 3.8) is 0 Å². The number of anilines is 3. The van der Waals surface area contributed by atoms with Crippen LogP contribution in [0, 0.1) is 5.92 Å². The number of hydrogen-bond acceptors (Lipinski definition) is 8. The molecular weight excluding hydrogens is 366 g/mol. The molecule has 0 saturated carbocycles. The van der Waals surface area contributed by atoms with Crippen LogP contribution in [0.3, 0.4) is 0 Å². The molecule has 0 aromatic carbocycles. The van der Waals surface area contributed by atoms with E-state index in [9.17, 15) is 0 Å². The SMILES string of the molecule is CC(C)C1OCCCC1Nc1cc(N2CCC(Nc3cccnn3)CC2)ncn1. The normalized spacial score (nSPS) is 23.2. The van der Waals surface area contributed by atoms with Crippen LogP contribution in [0.2, 0.25) is 0 Å². The Hall–Kier alpha value is -2.48. The van der Waals surface area contributed by atoms with Gasteiger partial charge in [0.25, 0.3) is 0 Å². The van der Waals surface area contributed by atoms with E-state index in [-0.39, 0.29) is 6.10 Å². The summed E-state index contributed by atoms with van der Waals surface area (Å²) in [6, 6.07) is 6.65. The third-order valence-electron chi connectivity index (χ3n) is 5.75. The molecule has 2 saturated heterocycles. The van der Waals surface area contributed by atoms with E-state index in [1.165, 1.54) is 0 Å². The molecule has 0 amide bonds. The Kier molecular flexibility index (Phi) is 6.39. The lowest BCUT2D eigenvalue weighted by atomic mass is 9.93. The van der Waals surface area contributed by atoms with E-state index in [1.807, 2.05) is 12.1 Å². The number of hydrogen-bond donors (Lipinski definition) is 2. The summed E-state index contributed by atoms with van der Waals surface area (Å²) in [5.41, 5.74) is 0. The predicted molar refractivity (Wildman–Crippen MR) is 114 cm³/mol. The van der Waals surface area contributed by atoms with Crippen LogP contribution in [0.5, 0.6) is 0 Å². The molecule has 0 radical (unpaired) electrons. The van der Waals surface area contributed by atoms with Gasteiger partial charge >= 0.3 is 0 Å². The van der Waals surface area contributed by atoms with Gasteiger partial charge in [0.2, 0.25) is 0 Å². The van der Waals surface area contributed by atoms with E-state index in [2.05, 4.69) is 55.6 Å². The van der Waals surface area contributed by atoms with Gasteiger partial charge in [0.1, 0.15) is 23.8 Å². The molecule has 2 unspecified atom stereocenters. The fraction of sp³-hybridized carbons (Fsp3) is 0.619. The first-order valence-electron chi connectivity index (χ1n) is 10.7. The number of rotatable bonds is 6. The Bertz CT molecular complexity index is 765. The molecule has 0 aliphatic carbocycles. The second-order valence-corrected chi connectivity index (χ2v) is 8.25. The van der Waals surface area contributed by atoms with Gasteiger partial charge in [0.15, 0.2) is 0 Å². The van der Waals surface area contributed by atoms with Crippen molar-refractivity contribution >= 4 is 17.5 Å². The smallest absolute Gasteiger partial charge is 0.148 e. The fourth-order valence-corrected chi connectivity index (χ4v) is 4.24. The third kappa shape index (κ3) is 5.12. The van der Waals surface area contributed by atoms with Crippen molar-refractivity contribution in [1.29, 1.82) is 0 Å². The monoisotopic (exact) mass is 397 g/mol. The highest BCUT2D eigenvalue weighted by Crippen LogP contribution is 2.25. The van der Waals surface area contributed by atoms with Gasteiger partial charge in [-0.05, 0) is 43.7 Å². The minimum absolute atomic E-state index is 0.227. The Morgan fingerprint density at radius 1 is 1.10 bits per heavy atom. The Morgan fingerprint density at radius 3 is 2.72 bits per heavy atom. The molecule has 0 spiro atoms. The summed E-state index contributed by atoms with van der Waals surface area (Å²) in [4.78, 5) is 11.3. The van der Waals surface area contributed by atoms with Crippen molar-refractivity contribution in [2.75, 3.05) is 35.2 Å². The van der Waals surface area contributed by atoms with Crippen LogP contribution in [0.25, 0.3) is 0 Å². The molecule has 156 valence electrons. The van der Waals surface area contributed by atoms with Crippen LogP contribution in [0.1, 0.15) is 39.5 Å². The van der Waals surface area contributed by atoms with Crippen molar-refractivity contribution in [1.82, 2.24) is 20.2 Å². The zero-order valence-corrected chi connectivity index (χ0v) is 17.3. The van der Waals surface area contributed by atoms with Crippen molar-refractivity contribution in [2.45, 2.75) is 57.7 Å². The second kappa shape index (κ2) is 9.35. The second-order valence-electron chi connectivity index (χ2n) is 8.25. The minimum Gasteiger partial charge on any atom is -0.376 e. The van der Waals surface area contributed by atoms with Gasteiger partial charge in [-0.1, -0.05) is 13.8 Å². The molecule has 2 N–H and O–H groups in total. The van der Waals surface area contributed by atoms with E-state index in [0.717, 1.165) is 62.8 Å². The molecule has 2 aromatic rings. The molecule has 2 aliphatic rings. The van der Waals surface area contributed by atoms with Crippen LogP contribution >= 0.6 is 0 Å². The first-order valence-corrected chi connectivity index (χ1v) is 10.7. The first kappa shape index (κ1) is 19.8. The maximum Gasteiger partial charge on any atom is 0.148 e. The summed E-state index contributed by atoms with van der Waals surface area (Å²) < 4.78 is 6.00. The molecule has 8 nitrogen and oxygen atoms in total. The van der Waals surface area contributed by atoms with Crippen molar-refractivity contribution in [3.05, 3.63) is 30.7 Å². The highest BCUT2D eigenvalue weighted by atomic mass is 16.5. The molecule has 0 bridgehead atoms. The van der Waals surface area contributed by atoms with Crippen LogP contribution in [-0.4, -0.2) is 58.0 Å². The summed E-state index contributed by atoms with van der Waals surface area (Å²) in [6.07, 6.45) is 7.86.